The number of nitrogens with zero attached hydrogens (tertiary/aromatic N) is 5. The lowest BCUT2D eigenvalue weighted by atomic mass is 10.0. The Hall–Kier alpha value is -3.44. The number of rotatable bonds is 7. The molecule has 0 amide bonds. The Morgan fingerprint density at radius 1 is 1.04 bits per heavy atom. The number of methoxy groups -OCH3 is 2. The molecule has 144 valence electrons. The summed E-state index contributed by atoms with van der Waals surface area (Å²) in [4.78, 5) is 2.79. The summed E-state index contributed by atoms with van der Waals surface area (Å²) >= 11 is 0. The summed E-state index contributed by atoms with van der Waals surface area (Å²) < 4.78 is 12.7. The predicted molar refractivity (Wildman–Crippen MR) is 109 cm³/mol. The Morgan fingerprint density at radius 2 is 1.75 bits per heavy atom. The Labute approximate surface area is 164 Å². The molecule has 0 unspecified atom stereocenters. The van der Waals surface area contributed by atoms with Gasteiger partial charge in [0.1, 0.15) is 0 Å². The molecule has 0 saturated carbocycles. The zero-order valence-corrected chi connectivity index (χ0v) is 16.5. The molecule has 0 aliphatic carbocycles. The number of hydrogen-bond acceptors (Lipinski definition) is 4. The van der Waals surface area contributed by atoms with Crippen LogP contribution in [0, 0.1) is 13.8 Å². The molecule has 0 saturated heterocycles. The maximum atomic E-state index is 8.38. The first-order valence-corrected chi connectivity index (χ1v) is 8.97. The van der Waals surface area contributed by atoms with E-state index in [1.807, 2.05) is 54.1 Å². The summed E-state index contributed by atoms with van der Waals surface area (Å²) in [5.74, 6) is 1.39. The van der Waals surface area contributed by atoms with E-state index in [1.165, 1.54) is 0 Å². The van der Waals surface area contributed by atoms with Crippen molar-refractivity contribution in [3.05, 3.63) is 69.9 Å². The third-order valence-electron chi connectivity index (χ3n) is 4.71. The summed E-state index contributed by atoms with van der Waals surface area (Å²) in [7, 11) is 3.26. The van der Waals surface area contributed by atoms with Crippen LogP contribution in [0.5, 0.6) is 11.5 Å². The number of hydrogen-bond donors (Lipinski definition) is 0. The summed E-state index contributed by atoms with van der Waals surface area (Å²) in [5, 5.41) is 8.32. The van der Waals surface area contributed by atoms with E-state index in [9.17, 15) is 0 Å². The fraction of sp³-hybridized carbons (Fsp3) is 0.286. The molecule has 0 atom stereocenters. The van der Waals surface area contributed by atoms with E-state index in [1.54, 1.807) is 14.2 Å². The molecule has 2 aromatic carbocycles. The Balaban J connectivity index is 1.95. The van der Waals surface area contributed by atoms with Crippen LogP contribution in [0.1, 0.15) is 17.0 Å². The van der Waals surface area contributed by atoms with Gasteiger partial charge in [-0.05, 0) is 61.2 Å². The quantitative estimate of drug-likeness (QED) is 0.329. The van der Waals surface area contributed by atoms with Crippen LogP contribution in [0.15, 0.2) is 47.6 Å². The van der Waals surface area contributed by atoms with Gasteiger partial charge in [-0.15, -0.1) is 0 Å². The second-order valence-electron chi connectivity index (χ2n) is 6.40. The highest BCUT2D eigenvalue weighted by molar-refractivity contribution is 5.72. The third-order valence-corrected chi connectivity index (χ3v) is 4.71. The molecule has 0 fully saturated rings. The van der Waals surface area contributed by atoms with Crippen LogP contribution >= 0.6 is 0 Å². The van der Waals surface area contributed by atoms with Crippen LogP contribution in [-0.4, -0.2) is 30.5 Å². The number of aromatic nitrogens is 2. The first kappa shape index (κ1) is 19.3. The van der Waals surface area contributed by atoms with E-state index in [2.05, 4.69) is 16.9 Å². The van der Waals surface area contributed by atoms with Crippen molar-refractivity contribution in [1.29, 1.82) is 0 Å². The fourth-order valence-corrected chi connectivity index (χ4v) is 3.33. The molecular weight excluding hydrogens is 354 g/mol. The minimum Gasteiger partial charge on any atom is -0.493 e. The minimum atomic E-state index is 0.458. The molecule has 0 N–H and O–H groups in total. The van der Waals surface area contributed by atoms with Crippen molar-refractivity contribution in [3.8, 4) is 28.3 Å². The standard InChI is InChI=1S/C21H23N5O2/c1-14-21(17-7-10-19(27-3)20(13-17)28-4)15(2)26(24-14)18-8-5-16(6-9-18)11-12-23-25-22/h5-10,13H,11-12H2,1-4H3. The first-order valence-electron chi connectivity index (χ1n) is 8.97. The van der Waals surface area contributed by atoms with Crippen molar-refractivity contribution in [3.63, 3.8) is 0 Å². The van der Waals surface area contributed by atoms with Crippen LogP contribution in [0.4, 0.5) is 0 Å². The highest BCUT2D eigenvalue weighted by atomic mass is 16.5. The average Bonchev–Trinajstić information content (AvgIpc) is 3.02. The van der Waals surface area contributed by atoms with Crippen molar-refractivity contribution in [2.75, 3.05) is 20.8 Å². The third kappa shape index (κ3) is 3.80. The van der Waals surface area contributed by atoms with Gasteiger partial charge in [-0.25, -0.2) is 4.68 Å². The molecule has 7 heteroatoms. The molecule has 0 radical (unpaired) electrons. The van der Waals surface area contributed by atoms with Gasteiger partial charge in [0.25, 0.3) is 0 Å². The molecule has 3 aromatic rings. The van der Waals surface area contributed by atoms with Crippen LogP contribution in [0.3, 0.4) is 0 Å². The molecule has 1 aromatic heterocycles. The van der Waals surface area contributed by atoms with E-state index in [4.69, 9.17) is 20.1 Å². The van der Waals surface area contributed by atoms with Gasteiger partial charge < -0.3 is 9.47 Å². The summed E-state index contributed by atoms with van der Waals surface area (Å²) in [6.07, 6.45) is 0.721. The second-order valence-corrected chi connectivity index (χ2v) is 6.40. The number of azide groups is 1. The van der Waals surface area contributed by atoms with Crippen molar-refractivity contribution in [2.45, 2.75) is 20.3 Å². The molecule has 28 heavy (non-hydrogen) atoms. The van der Waals surface area contributed by atoms with Crippen LogP contribution in [0.2, 0.25) is 0 Å². The normalized spacial score (nSPS) is 10.4. The van der Waals surface area contributed by atoms with Gasteiger partial charge in [-0.3, -0.25) is 0 Å². The highest BCUT2D eigenvalue weighted by Crippen LogP contribution is 2.35. The highest BCUT2D eigenvalue weighted by Gasteiger charge is 2.16. The van der Waals surface area contributed by atoms with E-state index < -0.39 is 0 Å². The van der Waals surface area contributed by atoms with E-state index in [-0.39, 0.29) is 0 Å². The molecular formula is C21H23N5O2. The number of aryl methyl sites for hydroxylation is 1. The number of ether oxygens (including phenoxy) is 2. The lowest BCUT2D eigenvalue weighted by Gasteiger charge is -2.10. The molecule has 0 bridgehead atoms. The van der Waals surface area contributed by atoms with Crippen molar-refractivity contribution in [2.24, 2.45) is 5.11 Å². The van der Waals surface area contributed by atoms with Crippen LogP contribution in [-0.2, 0) is 6.42 Å². The van der Waals surface area contributed by atoms with E-state index in [0.29, 0.717) is 18.0 Å². The Morgan fingerprint density at radius 3 is 2.39 bits per heavy atom. The zero-order chi connectivity index (χ0) is 20.1. The summed E-state index contributed by atoms with van der Waals surface area (Å²) in [6, 6.07) is 14.0. The lowest BCUT2D eigenvalue weighted by molar-refractivity contribution is 0.355. The molecule has 0 spiro atoms. The van der Waals surface area contributed by atoms with Crippen LogP contribution < -0.4 is 9.47 Å². The maximum absolute atomic E-state index is 8.38. The van der Waals surface area contributed by atoms with Gasteiger partial charge >= 0.3 is 0 Å². The van der Waals surface area contributed by atoms with Gasteiger partial charge in [-0.2, -0.15) is 5.10 Å². The molecule has 1 heterocycles. The van der Waals surface area contributed by atoms with Crippen molar-refractivity contribution >= 4 is 0 Å². The monoisotopic (exact) mass is 377 g/mol. The summed E-state index contributed by atoms with van der Waals surface area (Å²) in [5.41, 5.74) is 14.6. The molecule has 0 aliphatic rings. The molecule has 7 nitrogen and oxygen atoms in total. The first-order chi connectivity index (χ1) is 13.6. The second kappa shape index (κ2) is 8.50. The number of benzene rings is 2. The van der Waals surface area contributed by atoms with Gasteiger partial charge in [0.2, 0.25) is 0 Å². The van der Waals surface area contributed by atoms with Crippen molar-refractivity contribution < 1.29 is 9.47 Å². The van der Waals surface area contributed by atoms with E-state index >= 15 is 0 Å². The van der Waals surface area contributed by atoms with Gasteiger partial charge in [0.15, 0.2) is 11.5 Å². The summed E-state index contributed by atoms with van der Waals surface area (Å²) in [6.45, 7) is 4.52. The topological polar surface area (TPSA) is 85.0 Å². The molecule has 0 aliphatic heterocycles. The van der Waals surface area contributed by atoms with Crippen molar-refractivity contribution in [1.82, 2.24) is 9.78 Å². The van der Waals surface area contributed by atoms with Crippen LogP contribution in [0.25, 0.3) is 27.3 Å². The SMILES string of the molecule is COc1ccc(-c2c(C)nn(-c3ccc(CCN=[N+]=[N-])cc3)c2C)cc1OC. The fourth-order valence-electron chi connectivity index (χ4n) is 3.33. The lowest BCUT2D eigenvalue weighted by Crippen LogP contribution is -2.00. The average molecular weight is 377 g/mol. The Kier molecular flexibility index (Phi) is 5.87. The molecule has 3 rings (SSSR count). The minimum absolute atomic E-state index is 0.458. The maximum Gasteiger partial charge on any atom is 0.161 e. The van der Waals surface area contributed by atoms with Gasteiger partial charge in [-0.1, -0.05) is 23.3 Å². The van der Waals surface area contributed by atoms with Gasteiger partial charge in [0, 0.05) is 22.7 Å². The zero-order valence-electron chi connectivity index (χ0n) is 16.5. The largest absolute Gasteiger partial charge is 0.493 e. The predicted octanol–water partition coefficient (Wildman–Crippen LogP) is 5.03. The Bertz CT molecular complexity index is 1020. The smallest absolute Gasteiger partial charge is 0.161 e. The van der Waals surface area contributed by atoms with E-state index in [0.717, 1.165) is 40.2 Å². The van der Waals surface area contributed by atoms with Gasteiger partial charge in [0.05, 0.1) is 25.6 Å².